The van der Waals surface area contributed by atoms with E-state index in [0.717, 1.165) is 6.26 Å². The van der Waals surface area contributed by atoms with E-state index in [4.69, 9.17) is 0 Å². The molecule has 0 bridgehead atoms. The van der Waals surface area contributed by atoms with Gasteiger partial charge in [-0.1, -0.05) is 18.2 Å². The topological polar surface area (TPSA) is 84.5 Å². The summed E-state index contributed by atoms with van der Waals surface area (Å²) in [6.45, 7) is 0.813. The zero-order valence-corrected chi connectivity index (χ0v) is 16.3. The van der Waals surface area contributed by atoms with E-state index >= 15 is 0 Å². The average Bonchev–Trinajstić information content (AvgIpc) is 2.54. The normalized spacial score (nSPS) is 16.9. The Morgan fingerprint density at radius 2 is 1.85 bits per heavy atom. The summed E-state index contributed by atoms with van der Waals surface area (Å²) in [5.41, 5.74) is 0.267. The Kier molecular flexibility index (Phi) is 7.94. The van der Waals surface area contributed by atoms with E-state index in [0.29, 0.717) is 13.1 Å². The lowest BCUT2D eigenvalue weighted by atomic mass is 9.95. The van der Waals surface area contributed by atoms with E-state index in [-0.39, 0.29) is 49.5 Å². The van der Waals surface area contributed by atoms with Crippen molar-refractivity contribution in [2.45, 2.75) is 30.4 Å². The first-order valence-corrected chi connectivity index (χ1v) is 9.97. The third-order valence-electron chi connectivity index (χ3n) is 4.41. The van der Waals surface area contributed by atoms with Crippen molar-refractivity contribution < 1.29 is 31.1 Å². The van der Waals surface area contributed by atoms with E-state index in [9.17, 15) is 26.4 Å². The van der Waals surface area contributed by atoms with Crippen LogP contribution < -0.4 is 15.4 Å². The molecule has 2 rings (SSSR count). The lowest BCUT2D eigenvalue weighted by Crippen LogP contribution is -2.57. The molecule has 1 amide bonds. The average molecular weight is 431 g/mol. The Labute approximate surface area is 162 Å². The molecule has 0 saturated carbocycles. The minimum atomic E-state index is -4.81. The van der Waals surface area contributed by atoms with Crippen LogP contribution in [0.1, 0.15) is 18.4 Å². The number of hydrogen-bond acceptors (Lipinski definition) is 5. The van der Waals surface area contributed by atoms with Crippen LogP contribution in [0.5, 0.6) is 5.75 Å². The first-order chi connectivity index (χ1) is 12.1. The van der Waals surface area contributed by atoms with Crippen molar-refractivity contribution in [3.63, 3.8) is 0 Å². The molecule has 1 heterocycles. The second-order valence-electron chi connectivity index (χ2n) is 6.18. The molecule has 1 aromatic rings. The molecule has 0 aliphatic carbocycles. The number of nitrogens with one attached hydrogen (secondary N) is 2. The minimum absolute atomic E-state index is 0. The van der Waals surface area contributed by atoms with Crippen molar-refractivity contribution in [3.05, 3.63) is 29.8 Å². The van der Waals surface area contributed by atoms with Crippen LogP contribution in [0.3, 0.4) is 0 Å². The molecule has 1 saturated heterocycles. The lowest BCUT2D eigenvalue weighted by Gasteiger charge is -2.34. The van der Waals surface area contributed by atoms with Gasteiger partial charge < -0.3 is 15.4 Å². The van der Waals surface area contributed by atoms with Crippen molar-refractivity contribution in [1.82, 2.24) is 10.6 Å². The van der Waals surface area contributed by atoms with Crippen molar-refractivity contribution in [2.75, 3.05) is 25.9 Å². The molecule has 0 aromatic heterocycles. The highest BCUT2D eigenvalue weighted by Crippen LogP contribution is 2.29. The van der Waals surface area contributed by atoms with Gasteiger partial charge in [-0.05, 0) is 44.0 Å². The van der Waals surface area contributed by atoms with Gasteiger partial charge in [-0.25, -0.2) is 8.42 Å². The number of para-hydroxylation sites is 1. The number of ether oxygens (including phenoxy) is 1. The van der Waals surface area contributed by atoms with E-state index in [1.165, 1.54) is 18.2 Å². The molecule has 1 aliphatic heterocycles. The summed E-state index contributed by atoms with van der Waals surface area (Å²) >= 11 is 0. The predicted octanol–water partition coefficient (Wildman–Crippen LogP) is 1.83. The number of amides is 1. The van der Waals surface area contributed by atoms with Crippen LogP contribution in [0, 0.1) is 0 Å². The van der Waals surface area contributed by atoms with Gasteiger partial charge in [0.2, 0.25) is 5.91 Å². The van der Waals surface area contributed by atoms with Gasteiger partial charge in [0, 0.05) is 12.8 Å². The molecule has 11 heteroatoms. The number of carbonyl (C=O) groups excluding carboxylic acids is 1. The first-order valence-electron chi connectivity index (χ1n) is 8.07. The van der Waals surface area contributed by atoms with Gasteiger partial charge in [-0.2, -0.15) is 0 Å². The van der Waals surface area contributed by atoms with E-state index in [2.05, 4.69) is 15.4 Å². The lowest BCUT2D eigenvalue weighted by molar-refractivity contribution is -0.274. The molecule has 154 valence electrons. The maximum atomic E-state index is 12.5. The summed E-state index contributed by atoms with van der Waals surface area (Å²) in [6.07, 6.45) is -3.38. The van der Waals surface area contributed by atoms with Crippen LogP contribution in [-0.2, 0) is 21.1 Å². The number of rotatable bonds is 6. The van der Waals surface area contributed by atoms with Crippen molar-refractivity contribution >= 4 is 28.2 Å². The fourth-order valence-electron chi connectivity index (χ4n) is 3.00. The van der Waals surface area contributed by atoms with Gasteiger partial charge in [0.05, 0.1) is 0 Å². The van der Waals surface area contributed by atoms with E-state index in [1.807, 2.05) is 0 Å². The van der Waals surface area contributed by atoms with Gasteiger partial charge in [0.1, 0.15) is 5.75 Å². The standard InChI is InChI=1S/C16H21F3N2O4S.ClH/c1-26(23,24)15(7-10-20-11-8-15)14(22)21-9-6-12-4-2-3-5-13(12)25-16(17,18)19;/h2-5,20H,6-11H2,1H3,(H,21,22);1H. The first kappa shape index (κ1) is 23.5. The largest absolute Gasteiger partial charge is 0.573 e. The summed E-state index contributed by atoms with van der Waals surface area (Å²) in [7, 11) is -3.64. The second kappa shape index (κ2) is 9.11. The number of halogens is 4. The molecule has 1 aromatic carbocycles. The predicted molar refractivity (Wildman–Crippen MR) is 96.8 cm³/mol. The number of sulfone groups is 1. The van der Waals surface area contributed by atoms with Gasteiger partial charge in [0.25, 0.3) is 0 Å². The zero-order chi connectivity index (χ0) is 19.4. The van der Waals surface area contributed by atoms with Crippen molar-refractivity contribution in [2.24, 2.45) is 0 Å². The Morgan fingerprint density at radius 3 is 2.41 bits per heavy atom. The number of piperidine rings is 1. The Bertz CT molecular complexity index is 750. The van der Waals surface area contributed by atoms with Gasteiger partial charge >= 0.3 is 6.36 Å². The number of benzene rings is 1. The fraction of sp³-hybridized carbons (Fsp3) is 0.562. The summed E-state index contributed by atoms with van der Waals surface area (Å²) in [5, 5.41) is 5.57. The quantitative estimate of drug-likeness (QED) is 0.719. The molecular formula is C16H22ClF3N2O4S. The Morgan fingerprint density at radius 1 is 1.26 bits per heavy atom. The Hall–Kier alpha value is -1.52. The molecule has 1 aliphatic rings. The monoisotopic (exact) mass is 430 g/mol. The van der Waals surface area contributed by atoms with Crippen LogP contribution >= 0.6 is 12.4 Å². The van der Waals surface area contributed by atoms with Crippen LogP contribution in [0.25, 0.3) is 0 Å². The van der Waals surface area contributed by atoms with Crippen molar-refractivity contribution in [1.29, 1.82) is 0 Å². The van der Waals surface area contributed by atoms with Crippen LogP contribution in [0.4, 0.5) is 13.2 Å². The molecule has 2 N–H and O–H groups in total. The number of hydrogen-bond donors (Lipinski definition) is 2. The summed E-state index contributed by atoms with van der Waals surface area (Å²) in [5.74, 6) is -0.954. The van der Waals surface area contributed by atoms with Crippen LogP contribution in [-0.4, -0.2) is 51.3 Å². The van der Waals surface area contributed by atoms with Crippen LogP contribution in [0.15, 0.2) is 24.3 Å². The summed E-state index contributed by atoms with van der Waals surface area (Å²) < 4.78 is 64.1. The van der Waals surface area contributed by atoms with Gasteiger partial charge in [0.15, 0.2) is 14.6 Å². The summed E-state index contributed by atoms with van der Waals surface area (Å²) in [4.78, 5) is 12.5. The second-order valence-corrected chi connectivity index (χ2v) is 8.50. The third-order valence-corrected chi connectivity index (χ3v) is 6.43. The molecule has 1 fully saturated rings. The highest BCUT2D eigenvalue weighted by Gasteiger charge is 2.48. The van der Waals surface area contributed by atoms with E-state index < -0.39 is 26.9 Å². The molecule has 0 unspecified atom stereocenters. The molecule has 0 spiro atoms. The van der Waals surface area contributed by atoms with Crippen molar-refractivity contribution in [3.8, 4) is 5.75 Å². The smallest absolute Gasteiger partial charge is 0.406 e. The molecule has 27 heavy (non-hydrogen) atoms. The fourth-order valence-corrected chi connectivity index (χ4v) is 4.36. The minimum Gasteiger partial charge on any atom is -0.406 e. The summed E-state index contributed by atoms with van der Waals surface area (Å²) in [6, 6.07) is 5.63. The number of alkyl halides is 3. The highest BCUT2D eigenvalue weighted by molar-refractivity contribution is 7.92. The zero-order valence-electron chi connectivity index (χ0n) is 14.6. The maximum absolute atomic E-state index is 12.5. The molecule has 0 atom stereocenters. The van der Waals surface area contributed by atoms with Gasteiger partial charge in [-0.3, -0.25) is 4.79 Å². The van der Waals surface area contributed by atoms with Gasteiger partial charge in [-0.15, -0.1) is 25.6 Å². The molecular weight excluding hydrogens is 409 g/mol. The highest BCUT2D eigenvalue weighted by atomic mass is 35.5. The molecule has 6 nitrogen and oxygen atoms in total. The maximum Gasteiger partial charge on any atom is 0.573 e. The SMILES string of the molecule is CS(=O)(=O)C1(C(=O)NCCc2ccccc2OC(F)(F)F)CCNCC1.Cl. The molecule has 0 radical (unpaired) electrons. The Balaban J connectivity index is 0.00000364. The van der Waals surface area contributed by atoms with E-state index in [1.54, 1.807) is 6.07 Å². The number of carbonyl (C=O) groups is 1. The third kappa shape index (κ3) is 5.98. The van der Waals surface area contributed by atoms with Crippen LogP contribution in [0.2, 0.25) is 0 Å².